The monoisotopic (exact) mass is 474 g/mol. The Morgan fingerprint density at radius 3 is 2.84 bits per heavy atom. The van der Waals surface area contributed by atoms with Crippen LogP contribution in [0, 0.1) is 5.92 Å². The van der Waals surface area contributed by atoms with Gasteiger partial charge in [-0.25, -0.2) is 4.79 Å². The Morgan fingerprint density at radius 2 is 2.10 bits per heavy atom. The molecule has 6 nitrogen and oxygen atoms in total. The summed E-state index contributed by atoms with van der Waals surface area (Å²) in [7, 11) is 1.41. The summed E-state index contributed by atoms with van der Waals surface area (Å²) in [4.78, 5) is 13.7. The van der Waals surface area contributed by atoms with E-state index in [2.05, 4.69) is 22.7 Å². The average molecular weight is 475 g/mol. The summed E-state index contributed by atoms with van der Waals surface area (Å²) in [6, 6.07) is 9.51. The number of esters is 1. The number of methoxy groups -OCH3 is 1. The van der Waals surface area contributed by atoms with Crippen molar-refractivity contribution < 1.29 is 9.53 Å². The van der Waals surface area contributed by atoms with Gasteiger partial charge in [0.25, 0.3) is 0 Å². The minimum Gasteiger partial charge on any atom is -0.465 e. The number of aromatic nitrogens is 2. The molecule has 0 fully saturated rings. The first-order valence-electron chi connectivity index (χ1n) is 10.0. The summed E-state index contributed by atoms with van der Waals surface area (Å²) >= 11 is 13.0. The number of carbonyl (C=O) groups excluding carboxylic acids is 1. The van der Waals surface area contributed by atoms with E-state index in [9.17, 15) is 4.79 Å². The summed E-state index contributed by atoms with van der Waals surface area (Å²) in [5.41, 5.74) is 2.79. The zero-order valence-corrected chi connectivity index (χ0v) is 19.7. The Balaban J connectivity index is 1.45. The number of carbonyl (C=O) groups is 1. The number of hydrogen-bond acceptors (Lipinski definition) is 5. The van der Waals surface area contributed by atoms with Crippen LogP contribution in [0.25, 0.3) is 0 Å². The number of hydrogen-bond donors (Lipinski definition) is 2. The molecule has 1 aliphatic rings. The second kappa shape index (κ2) is 9.38. The van der Waals surface area contributed by atoms with Crippen LogP contribution in [0.1, 0.15) is 39.7 Å². The Labute approximate surface area is 195 Å². The van der Waals surface area contributed by atoms with E-state index in [-0.39, 0.29) is 5.97 Å². The highest BCUT2D eigenvalue weighted by atomic mass is 35.5. The summed E-state index contributed by atoms with van der Waals surface area (Å²) in [5, 5.41) is 12.6. The maximum atomic E-state index is 12.4. The predicted octanol–water partition coefficient (Wildman–Crippen LogP) is 5.37. The van der Waals surface area contributed by atoms with Crippen LogP contribution in [0.4, 0.5) is 10.8 Å². The van der Waals surface area contributed by atoms with Crippen LogP contribution < -0.4 is 10.6 Å². The number of nitrogens with one attached hydrogen (secondary N) is 2. The Kier molecular flexibility index (Phi) is 6.60. The van der Waals surface area contributed by atoms with Gasteiger partial charge >= 0.3 is 5.97 Å². The van der Waals surface area contributed by atoms with E-state index in [0.29, 0.717) is 34.0 Å². The molecule has 3 aromatic rings. The molecule has 0 saturated heterocycles. The van der Waals surface area contributed by atoms with Crippen LogP contribution >= 0.6 is 35.2 Å². The minimum atomic E-state index is -0.329. The Bertz CT molecular complexity index is 1110. The normalized spacial score (nSPS) is 15.3. The SMILES string of the molecule is COC(=O)c1c(NC(=S)Nc2ccn(Cc3ccc(Cl)cc3)n2)sc2c1CC[C@H](C)C2. The molecule has 4 rings (SSSR count). The van der Waals surface area contributed by atoms with Crippen molar-refractivity contribution in [1.82, 2.24) is 9.78 Å². The van der Waals surface area contributed by atoms with Crippen molar-refractivity contribution in [3.05, 3.63) is 63.1 Å². The number of anilines is 2. The van der Waals surface area contributed by atoms with Crippen molar-refractivity contribution in [3.63, 3.8) is 0 Å². The summed E-state index contributed by atoms with van der Waals surface area (Å²) in [5.74, 6) is 0.907. The second-order valence-corrected chi connectivity index (χ2v) is 9.60. The average Bonchev–Trinajstić information content (AvgIpc) is 3.32. The molecule has 31 heavy (non-hydrogen) atoms. The zero-order valence-electron chi connectivity index (χ0n) is 17.3. The molecule has 0 saturated carbocycles. The number of rotatable bonds is 5. The van der Waals surface area contributed by atoms with Crippen LogP contribution in [-0.4, -0.2) is 28.0 Å². The molecule has 1 atom stereocenters. The van der Waals surface area contributed by atoms with Gasteiger partial charge in [-0.15, -0.1) is 11.3 Å². The zero-order chi connectivity index (χ0) is 22.0. The first kappa shape index (κ1) is 21.8. The molecule has 0 amide bonds. The first-order valence-corrected chi connectivity index (χ1v) is 11.6. The standard InChI is InChI=1S/C22H23ClN4O2S2/c1-13-3-8-16-17(11-13)31-20(19(16)21(28)29-2)25-22(30)24-18-9-10-27(26-18)12-14-4-6-15(23)7-5-14/h4-7,9-10,13H,3,8,11-12H2,1-2H3,(H2,24,25,26,30)/t13-/m0/s1. The molecular weight excluding hydrogens is 452 g/mol. The van der Waals surface area contributed by atoms with Crippen LogP contribution in [0.3, 0.4) is 0 Å². The summed E-state index contributed by atoms with van der Waals surface area (Å²) in [6.45, 7) is 2.86. The number of thiocarbonyl (C=S) groups is 1. The maximum absolute atomic E-state index is 12.4. The maximum Gasteiger partial charge on any atom is 0.341 e. The van der Waals surface area contributed by atoms with Crippen molar-refractivity contribution in [2.75, 3.05) is 17.7 Å². The van der Waals surface area contributed by atoms with Crippen molar-refractivity contribution in [2.45, 2.75) is 32.7 Å². The van der Waals surface area contributed by atoms with Gasteiger partial charge in [-0.2, -0.15) is 5.10 Å². The van der Waals surface area contributed by atoms with Crippen molar-refractivity contribution >= 4 is 57.1 Å². The number of ether oxygens (including phenoxy) is 1. The molecule has 0 unspecified atom stereocenters. The number of nitrogens with zero attached hydrogens (tertiary/aromatic N) is 2. The second-order valence-electron chi connectivity index (χ2n) is 7.65. The number of thiophene rings is 1. The van der Waals surface area contributed by atoms with Gasteiger partial charge in [-0.05, 0) is 60.7 Å². The third kappa shape index (κ3) is 5.08. The van der Waals surface area contributed by atoms with E-state index in [1.54, 1.807) is 11.3 Å². The van der Waals surface area contributed by atoms with Gasteiger partial charge in [0.1, 0.15) is 5.00 Å². The lowest BCUT2D eigenvalue weighted by atomic mass is 9.88. The number of fused-ring (bicyclic) bond motifs is 1. The highest BCUT2D eigenvalue weighted by Gasteiger charge is 2.28. The molecule has 2 aromatic heterocycles. The lowest BCUT2D eigenvalue weighted by molar-refractivity contribution is 0.0601. The molecule has 0 aliphatic heterocycles. The smallest absolute Gasteiger partial charge is 0.341 e. The molecule has 9 heteroatoms. The van der Waals surface area contributed by atoms with Crippen LogP contribution in [0.5, 0.6) is 0 Å². The quantitative estimate of drug-likeness (QED) is 0.383. The molecule has 2 heterocycles. The van der Waals surface area contributed by atoms with Crippen molar-refractivity contribution in [3.8, 4) is 0 Å². The third-order valence-electron chi connectivity index (χ3n) is 5.27. The fourth-order valence-corrected chi connectivity index (χ4v) is 5.50. The van der Waals surface area contributed by atoms with E-state index in [1.165, 1.54) is 12.0 Å². The molecule has 0 bridgehead atoms. The lowest BCUT2D eigenvalue weighted by Crippen LogP contribution is -2.21. The van der Waals surface area contributed by atoms with Crippen LogP contribution in [-0.2, 0) is 24.1 Å². The van der Waals surface area contributed by atoms with Crippen molar-refractivity contribution in [2.24, 2.45) is 5.92 Å². The minimum absolute atomic E-state index is 0.329. The molecule has 0 radical (unpaired) electrons. The molecule has 0 spiro atoms. The van der Waals surface area contributed by atoms with E-state index >= 15 is 0 Å². The number of benzene rings is 1. The van der Waals surface area contributed by atoms with Gasteiger partial charge in [-0.1, -0.05) is 30.7 Å². The third-order valence-corrected chi connectivity index (χ3v) is 6.89. The topological polar surface area (TPSA) is 68.2 Å². The van der Waals surface area contributed by atoms with Gasteiger partial charge in [0, 0.05) is 22.2 Å². The number of halogens is 1. The van der Waals surface area contributed by atoms with E-state index in [0.717, 1.165) is 35.4 Å². The molecular formula is C22H23ClN4O2S2. The Hall–Kier alpha value is -2.42. The molecule has 1 aromatic carbocycles. The fourth-order valence-electron chi connectivity index (χ4n) is 3.70. The largest absolute Gasteiger partial charge is 0.465 e. The van der Waals surface area contributed by atoms with Gasteiger partial charge in [-0.3, -0.25) is 4.68 Å². The molecule has 162 valence electrons. The summed E-state index contributed by atoms with van der Waals surface area (Å²) < 4.78 is 6.85. The molecule has 1 aliphatic carbocycles. The summed E-state index contributed by atoms with van der Waals surface area (Å²) in [6.07, 6.45) is 4.81. The van der Waals surface area contributed by atoms with Gasteiger partial charge in [0.05, 0.1) is 19.2 Å². The highest BCUT2D eigenvalue weighted by molar-refractivity contribution is 7.80. The van der Waals surface area contributed by atoms with E-state index < -0.39 is 0 Å². The lowest BCUT2D eigenvalue weighted by Gasteiger charge is -2.18. The van der Waals surface area contributed by atoms with E-state index in [1.807, 2.05) is 41.2 Å². The fraction of sp³-hybridized carbons (Fsp3) is 0.318. The molecule has 2 N–H and O–H groups in total. The predicted molar refractivity (Wildman–Crippen MR) is 129 cm³/mol. The Morgan fingerprint density at radius 1 is 1.32 bits per heavy atom. The van der Waals surface area contributed by atoms with Gasteiger partial charge in [0.2, 0.25) is 0 Å². The van der Waals surface area contributed by atoms with Crippen LogP contribution in [0.15, 0.2) is 36.5 Å². The van der Waals surface area contributed by atoms with Crippen molar-refractivity contribution in [1.29, 1.82) is 0 Å². The van der Waals surface area contributed by atoms with Crippen LogP contribution in [0.2, 0.25) is 5.02 Å². The van der Waals surface area contributed by atoms with E-state index in [4.69, 9.17) is 28.6 Å². The highest BCUT2D eigenvalue weighted by Crippen LogP contribution is 2.40. The van der Waals surface area contributed by atoms with Gasteiger partial charge in [0.15, 0.2) is 10.9 Å². The van der Waals surface area contributed by atoms with Gasteiger partial charge < -0.3 is 15.4 Å². The first-order chi connectivity index (χ1) is 14.9.